The van der Waals surface area contributed by atoms with Crippen LogP contribution in [0.15, 0.2) is 60.7 Å². The average molecular weight is 298 g/mol. The van der Waals surface area contributed by atoms with Crippen LogP contribution < -0.4 is 0 Å². The lowest BCUT2D eigenvalue weighted by atomic mass is 10.2. The van der Waals surface area contributed by atoms with Crippen LogP contribution in [0.25, 0.3) is 0 Å². The molecule has 0 saturated heterocycles. The van der Waals surface area contributed by atoms with Crippen LogP contribution >= 0.6 is 0 Å². The van der Waals surface area contributed by atoms with Crippen molar-refractivity contribution < 1.29 is 23.9 Å². The van der Waals surface area contributed by atoms with E-state index in [9.17, 15) is 14.4 Å². The van der Waals surface area contributed by atoms with Gasteiger partial charge >= 0.3 is 17.7 Å². The summed E-state index contributed by atoms with van der Waals surface area (Å²) in [5, 5.41) is 0. The second-order valence-electron chi connectivity index (χ2n) is 4.45. The Labute approximate surface area is 127 Å². The Bertz CT molecular complexity index is 592. The van der Waals surface area contributed by atoms with E-state index in [4.69, 9.17) is 9.47 Å². The Morgan fingerprint density at radius 3 is 1.36 bits per heavy atom. The predicted octanol–water partition coefficient (Wildman–Crippen LogP) is 2.04. The number of carbonyl (C=O) groups is 3. The molecule has 0 aromatic heterocycles. The monoisotopic (exact) mass is 298 g/mol. The maximum absolute atomic E-state index is 11.5. The zero-order valence-corrected chi connectivity index (χ0v) is 11.7. The Morgan fingerprint density at radius 1 is 0.636 bits per heavy atom. The Balaban J connectivity index is 1.80. The molecule has 0 bridgehead atoms. The van der Waals surface area contributed by atoms with Crippen molar-refractivity contribution in [1.82, 2.24) is 0 Å². The topological polar surface area (TPSA) is 69.7 Å². The van der Waals surface area contributed by atoms with E-state index in [0.29, 0.717) is 0 Å². The molecule has 0 heterocycles. The van der Waals surface area contributed by atoms with Crippen LogP contribution in [0.4, 0.5) is 0 Å². The van der Waals surface area contributed by atoms with Gasteiger partial charge in [0.1, 0.15) is 13.2 Å². The van der Waals surface area contributed by atoms with Crippen molar-refractivity contribution in [2.75, 3.05) is 0 Å². The van der Waals surface area contributed by atoms with Crippen molar-refractivity contribution in [2.24, 2.45) is 0 Å². The molecule has 22 heavy (non-hydrogen) atoms. The highest BCUT2D eigenvalue weighted by molar-refractivity contribution is 6.60. The predicted molar refractivity (Wildman–Crippen MR) is 77.5 cm³/mol. The van der Waals surface area contributed by atoms with Gasteiger partial charge in [0, 0.05) is 0 Å². The summed E-state index contributed by atoms with van der Waals surface area (Å²) in [5.74, 6) is -3.75. The maximum Gasteiger partial charge on any atom is 0.387 e. The van der Waals surface area contributed by atoms with Crippen LogP contribution in [0, 0.1) is 0 Å². The van der Waals surface area contributed by atoms with Gasteiger partial charge < -0.3 is 9.47 Å². The fourth-order valence-electron chi connectivity index (χ4n) is 1.66. The Morgan fingerprint density at radius 2 is 1.00 bits per heavy atom. The summed E-state index contributed by atoms with van der Waals surface area (Å²) in [4.78, 5) is 34.5. The van der Waals surface area contributed by atoms with Gasteiger partial charge in [0.15, 0.2) is 0 Å². The zero-order valence-electron chi connectivity index (χ0n) is 11.7. The number of carbonyl (C=O) groups excluding carboxylic acids is 3. The number of benzene rings is 2. The molecular weight excluding hydrogens is 284 g/mol. The third kappa shape index (κ3) is 4.56. The number of ether oxygens (including phenoxy) is 2. The first-order valence-electron chi connectivity index (χ1n) is 6.63. The van der Waals surface area contributed by atoms with E-state index in [0.717, 1.165) is 11.1 Å². The molecule has 0 atom stereocenters. The van der Waals surface area contributed by atoms with Crippen LogP contribution in [0.1, 0.15) is 11.1 Å². The first-order chi connectivity index (χ1) is 10.7. The highest BCUT2D eigenvalue weighted by Crippen LogP contribution is 2.03. The van der Waals surface area contributed by atoms with Gasteiger partial charge in [-0.3, -0.25) is 4.79 Å². The third-order valence-corrected chi connectivity index (χ3v) is 2.80. The number of ketones is 1. The highest BCUT2D eigenvalue weighted by atomic mass is 16.6. The SMILES string of the molecule is O=C(OCc1ccccc1)C(=O)C(=O)OCc1ccccc1. The van der Waals surface area contributed by atoms with E-state index in [-0.39, 0.29) is 13.2 Å². The fraction of sp³-hybridized carbons (Fsp3) is 0.118. The average Bonchev–Trinajstić information content (AvgIpc) is 2.58. The van der Waals surface area contributed by atoms with E-state index in [1.807, 2.05) is 12.1 Å². The number of hydrogen-bond donors (Lipinski definition) is 0. The first kappa shape index (κ1) is 15.4. The van der Waals surface area contributed by atoms with E-state index >= 15 is 0 Å². The minimum atomic E-state index is -1.31. The molecule has 0 aliphatic rings. The van der Waals surface area contributed by atoms with Crippen LogP contribution in [0.5, 0.6) is 0 Å². The molecule has 0 radical (unpaired) electrons. The van der Waals surface area contributed by atoms with Crippen molar-refractivity contribution in [2.45, 2.75) is 13.2 Å². The molecule has 0 fully saturated rings. The molecule has 112 valence electrons. The molecule has 0 aliphatic carbocycles. The van der Waals surface area contributed by atoms with Gasteiger partial charge in [-0.1, -0.05) is 60.7 Å². The summed E-state index contributed by atoms with van der Waals surface area (Å²) in [7, 11) is 0. The first-order valence-corrected chi connectivity index (χ1v) is 6.63. The van der Waals surface area contributed by atoms with Crippen molar-refractivity contribution in [3.8, 4) is 0 Å². The smallest absolute Gasteiger partial charge is 0.387 e. The molecule has 0 aliphatic heterocycles. The molecular formula is C17H14O5. The molecule has 5 heteroatoms. The fourth-order valence-corrected chi connectivity index (χ4v) is 1.66. The normalized spacial score (nSPS) is 9.82. The number of hydrogen-bond acceptors (Lipinski definition) is 5. The van der Waals surface area contributed by atoms with Crippen molar-refractivity contribution in [3.63, 3.8) is 0 Å². The van der Waals surface area contributed by atoms with Gasteiger partial charge in [-0.15, -0.1) is 0 Å². The summed E-state index contributed by atoms with van der Waals surface area (Å²) in [6.45, 7) is -0.144. The third-order valence-electron chi connectivity index (χ3n) is 2.80. The summed E-state index contributed by atoms with van der Waals surface area (Å²) in [5.41, 5.74) is 1.45. The lowest BCUT2D eigenvalue weighted by Gasteiger charge is -2.05. The molecule has 2 aromatic carbocycles. The highest BCUT2D eigenvalue weighted by Gasteiger charge is 2.26. The number of rotatable bonds is 6. The van der Waals surface area contributed by atoms with Gasteiger partial charge in [-0.05, 0) is 11.1 Å². The molecule has 0 saturated carbocycles. The van der Waals surface area contributed by atoms with Crippen LogP contribution in [-0.4, -0.2) is 17.7 Å². The summed E-state index contributed by atoms with van der Waals surface area (Å²) >= 11 is 0. The van der Waals surface area contributed by atoms with Gasteiger partial charge in [0.2, 0.25) is 0 Å². The van der Waals surface area contributed by atoms with Gasteiger partial charge in [-0.2, -0.15) is 0 Å². The van der Waals surface area contributed by atoms with Gasteiger partial charge in [0.25, 0.3) is 0 Å². The zero-order chi connectivity index (χ0) is 15.8. The molecule has 0 spiro atoms. The van der Waals surface area contributed by atoms with Crippen LogP contribution in [0.3, 0.4) is 0 Å². The molecule has 0 unspecified atom stereocenters. The maximum atomic E-state index is 11.5. The molecule has 0 amide bonds. The van der Waals surface area contributed by atoms with Crippen molar-refractivity contribution in [1.29, 1.82) is 0 Å². The minimum Gasteiger partial charge on any atom is -0.455 e. The van der Waals surface area contributed by atoms with Gasteiger partial charge in [0.05, 0.1) is 0 Å². The van der Waals surface area contributed by atoms with Gasteiger partial charge in [-0.25, -0.2) is 9.59 Å². The van der Waals surface area contributed by atoms with Crippen LogP contribution in [0.2, 0.25) is 0 Å². The number of Topliss-reactive ketones (excluding diaryl/α,β-unsaturated/α-hetero) is 1. The standard InChI is InChI=1S/C17H14O5/c18-15(16(19)21-11-13-7-3-1-4-8-13)17(20)22-12-14-9-5-2-6-10-14/h1-10H,11-12H2. The summed E-state index contributed by atoms with van der Waals surface area (Å²) in [6.07, 6.45) is 0. The quantitative estimate of drug-likeness (QED) is 0.464. The van der Waals surface area contributed by atoms with Crippen molar-refractivity contribution >= 4 is 17.7 Å². The second-order valence-corrected chi connectivity index (χ2v) is 4.45. The van der Waals surface area contributed by atoms with E-state index < -0.39 is 17.7 Å². The van der Waals surface area contributed by atoms with E-state index in [1.54, 1.807) is 48.5 Å². The lowest BCUT2D eigenvalue weighted by molar-refractivity contribution is -0.165. The molecule has 2 rings (SSSR count). The molecule has 5 nitrogen and oxygen atoms in total. The lowest BCUT2D eigenvalue weighted by Crippen LogP contribution is -2.27. The summed E-state index contributed by atoms with van der Waals surface area (Å²) in [6, 6.07) is 17.7. The molecule has 0 N–H and O–H groups in total. The second kappa shape index (κ2) is 7.73. The Hall–Kier alpha value is -2.95. The Kier molecular flexibility index (Phi) is 5.43. The number of esters is 2. The van der Waals surface area contributed by atoms with E-state index in [2.05, 4.69) is 0 Å². The van der Waals surface area contributed by atoms with E-state index in [1.165, 1.54) is 0 Å². The minimum absolute atomic E-state index is 0.0720. The van der Waals surface area contributed by atoms with Crippen molar-refractivity contribution in [3.05, 3.63) is 71.8 Å². The largest absolute Gasteiger partial charge is 0.455 e. The molecule has 2 aromatic rings. The summed E-state index contributed by atoms with van der Waals surface area (Å²) < 4.78 is 9.55. The van der Waals surface area contributed by atoms with Crippen LogP contribution in [-0.2, 0) is 37.1 Å².